The topological polar surface area (TPSA) is 64.8 Å². The summed E-state index contributed by atoms with van der Waals surface area (Å²) in [6, 6.07) is 3.79. The molecule has 2 rings (SSSR count). The van der Waals surface area contributed by atoms with Crippen molar-refractivity contribution in [2.45, 2.75) is 13.3 Å². The average molecular weight is 231 g/mol. The summed E-state index contributed by atoms with van der Waals surface area (Å²) in [4.78, 5) is 10.8. The van der Waals surface area contributed by atoms with Crippen LogP contribution >= 0.6 is 0 Å². The van der Waals surface area contributed by atoms with Gasteiger partial charge in [0.2, 0.25) is 5.95 Å². The molecular weight excluding hydrogens is 214 g/mol. The molecule has 5 nitrogen and oxygen atoms in total. The van der Waals surface area contributed by atoms with Crippen LogP contribution in [0.1, 0.15) is 17.8 Å². The molecule has 0 saturated carbocycles. The lowest BCUT2D eigenvalue weighted by Gasteiger charge is -2.16. The Kier molecular flexibility index (Phi) is 3.55. The number of nitrogens with zero attached hydrogens (tertiary/aromatic N) is 4. The van der Waals surface area contributed by atoms with Gasteiger partial charge in [0.25, 0.3) is 0 Å². The van der Waals surface area contributed by atoms with Gasteiger partial charge in [0, 0.05) is 18.8 Å². The SMILES string of the molecule is CNCC1CCN(c2nc(C)cc(C#N)n2)C1. The summed E-state index contributed by atoms with van der Waals surface area (Å²) in [5.74, 6) is 1.34. The molecule has 2 heterocycles. The maximum atomic E-state index is 8.90. The highest BCUT2D eigenvalue weighted by molar-refractivity contribution is 5.37. The number of hydrogen-bond acceptors (Lipinski definition) is 5. The quantitative estimate of drug-likeness (QED) is 0.829. The molecule has 1 aliphatic rings. The summed E-state index contributed by atoms with van der Waals surface area (Å²) >= 11 is 0. The molecule has 0 aromatic carbocycles. The molecule has 1 aromatic heterocycles. The molecule has 0 spiro atoms. The van der Waals surface area contributed by atoms with Crippen molar-refractivity contribution in [3.05, 3.63) is 17.5 Å². The van der Waals surface area contributed by atoms with E-state index in [1.165, 1.54) is 0 Å². The predicted octanol–water partition coefficient (Wildman–Crippen LogP) is 0.702. The van der Waals surface area contributed by atoms with E-state index in [0.717, 1.165) is 31.7 Å². The minimum Gasteiger partial charge on any atom is -0.340 e. The number of anilines is 1. The molecule has 0 bridgehead atoms. The second kappa shape index (κ2) is 5.11. The molecule has 0 aliphatic carbocycles. The lowest BCUT2D eigenvalue weighted by atomic mass is 10.1. The third kappa shape index (κ3) is 2.71. The monoisotopic (exact) mass is 231 g/mol. The van der Waals surface area contributed by atoms with E-state index in [0.29, 0.717) is 17.6 Å². The summed E-state index contributed by atoms with van der Waals surface area (Å²) in [5, 5.41) is 12.1. The van der Waals surface area contributed by atoms with Gasteiger partial charge < -0.3 is 10.2 Å². The predicted molar refractivity (Wildman–Crippen MR) is 65.7 cm³/mol. The fourth-order valence-corrected chi connectivity index (χ4v) is 2.22. The second-order valence-electron chi connectivity index (χ2n) is 4.46. The van der Waals surface area contributed by atoms with Gasteiger partial charge in [-0.1, -0.05) is 0 Å². The molecule has 1 unspecified atom stereocenters. The summed E-state index contributed by atoms with van der Waals surface area (Å²) in [5.41, 5.74) is 1.30. The zero-order valence-corrected chi connectivity index (χ0v) is 10.3. The van der Waals surface area contributed by atoms with Crippen LogP contribution in [0.4, 0.5) is 5.95 Å². The van der Waals surface area contributed by atoms with Crippen molar-refractivity contribution >= 4 is 5.95 Å². The molecule has 1 fully saturated rings. The van der Waals surface area contributed by atoms with Crippen LogP contribution in [0.3, 0.4) is 0 Å². The van der Waals surface area contributed by atoms with Crippen molar-refractivity contribution in [1.29, 1.82) is 5.26 Å². The third-order valence-electron chi connectivity index (χ3n) is 3.02. The number of hydrogen-bond donors (Lipinski definition) is 1. The van der Waals surface area contributed by atoms with Gasteiger partial charge in [0.1, 0.15) is 11.8 Å². The zero-order valence-electron chi connectivity index (χ0n) is 10.3. The second-order valence-corrected chi connectivity index (χ2v) is 4.46. The van der Waals surface area contributed by atoms with Gasteiger partial charge >= 0.3 is 0 Å². The van der Waals surface area contributed by atoms with Crippen molar-refractivity contribution in [3.8, 4) is 6.07 Å². The molecular formula is C12H17N5. The fourth-order valence-electron chi connectivity index (χ4n) is 2.22. The van der Waals surface area contributed by atoms with E-state index in [4.69, 9.17) is 5.26 Å². The molecule has 0 radical (unpaired) electrons. The van der Waals surface area contributed by atoms with Crippen LogP contribution in [-0.4, -0.2) is 36.6 Å². The van der Waals surface area contributed by atoms with Crippen LogP contribution in [0.5, 0.6) is 0 Å². The standard InChI is InChI=1S/C12H17N5/c1-9-5-11(6-13)16-12(15-9)17-4-3-10(8-17)7-14-2/h5,10,14H,3-4,7-8H2,1-2H3. The summed E-state index contributed by atoms with van der Waals surface area (Å²) in [7, 11) is 1.97. The Labute approximate surface area is 101 Å². The van der Waals surface area contributed by atoms with Gasteiger partial charge in [-0.2, -0.15) is 5.26 Å². The molecule has 1 saturated heterocycles. The van der Waals surface area contributed by atoms with E-state index in [1.54, 1.807) is 6.07 Å². The maximum absolute atomic E-state index is 8.90. The van der Waals surface area contributed by atoms with Crippen LogP contribution < -0.4 is 10.2 Å². The lowest BCUT2D eigenvalue weighted by Crippen LogP contribution is -2.26. The van der Waals surface area contributed by atoms with Crippen LogP contribution in [-0.2, 0) is 0 Å². The van der Waals surface area contributed by atoms with Crippen LogP contribution in [0.25, 0.3) is 0 Å². The molecule has 0 amide bonds. The van der Waals surface area contributed by atoms with Gasteiger partial charge in [0.05, 0.1) is 0 Å². The highest BCUT2D eigenvalue weighted by Gasteiger charge is 2.24. The first-order chi connectivity index (χ1) is 8.22. The minimum absolute atomic E-state index is 0.449. The fraction of sp³-hybridized carbons (Fsp3) is 0.583. The number of aromatic nitrogens is 2. The van der Waals surface area contributed by atoms with Crippen LogP contribution in [0.15, 0.2) is 6.07 Å². The molecule has 90 valence electrons. The highest BCUT2D eigenvalue weighted by atomic mass is 15.3. The first-order valence-electron chi connectivity index (χ1n) is 5.88. The van der Waals surface area contributed by atoms with E-state index >= 15 is 0 Å². The molecule has 17 heavy (non-hydrogen) atoms. The average Bonchev–Trinajstić information content (AvgIpc) is 2.77. The van der Waals surface area contributed by atoms with E-state index in [-0.39, 0.29) is 0 Å². The zero-order chi connectivity index (χ0) is 12.3. The normalized spacial score (nSPS) is 19.4. The molecule has 5 heteroatoms. The van der Waals surface area contributed by atoms with Gasteiger partial charge in [0.15, 0.2) is 0 Å². The molecule has 1 atom stereocenters. The highest BCUT2D eigenvalue weighted by Crippen LogP contribution is 2.20. The Bertz CT molecular complexity index is 437. The lowest BCUT2D eigenvalue weighted by molar-refractivity contribution is 0.548. The van der Waals surface area contributed by atoms with Crippen LogP contribution in [0, 0.1) is 24.2 Å². The van der Waals surface area contributed by atoms with E-state index in [1.807, 2.05) is 14.0 Å². The largest absolute Gasteiger partial charge is 0.340 e. The van der Waals surface area contributed by atoms with Gasteiger partial charge in [-0.15, -0.1) is 0 Å². The molecule has 1 aromatic rings. The summed E-state index contributed by atoms with van der Waals surface area (Å²) in [6.07, 6.45) is 1.15. The first kappa shape index (κ1) is 11.8. The third-order valence-corrected chi connectivity index (χ3v) is 3.02. The smallest absolute Gasteiger partial charge is 0.226 e. The minimum atomic E-state index is 0.449. The number of nitriles is 1. The number of aryl methyl sites for hydroxylation is 1. The Hall–Kier alpha value is -1.67. The van der Waals surface area contributed by atoms with Crippen molar-refractivity contribution < 1.29 is 0 Å². The van der Waals surface area contributed by atoms with E-state index in [9.17, 15) is 0 Å². The van der Waals surface area contributed by atoms with Crippen molar-refractivity contribution in [1.82, 2.24) is 15.3 Å². The van der Waals surface area contributed by atoms with Crippen molar-refractivity contribution in [2.24, 2.45) is 5.92 Å². The van der Waals surface area contributed by atoms with E-state index in [2.05, 4.69) is 26.3 Å². The van der Waals surface area contributed by atoms with Crippen molar-refractivity contribution in [3.63, 3.8) is 0 Å². The Morgan fingerprint density at radius 1 is 1.59 bits per heavy atom. The van der Waals surface area contributed by atoms with Gasteiger partial charge in [-0.05, 0) is 38.9 Å². The first-order valence-corrected chi connectivity index (χ1v) is 5.88. The maximum Gasteiger partial charge on any atom is 0.226 e. The Morgan fingerprint density at radius 3 is 3.12 bits per heavy atom. The Balaban J connectivity index is 2.13. The molecule has 1 N–H and O–H groups in total. The van der Waals surface area contributed by atoms with Gasteiger partial charge in [-0.25, -0.2) is 9.97 Å². The number of rotatable bonds is 3. The van der Waals surface area contributed by atoms with Gasteiger partial charge in [-0.3, -0.25) is 0 Å². The summed E-state index contributed by atoms with van der Waals surface area (Å²) < 4.78 is 0. The Morgan fingerprint density at radius 2 is 2.41 bits per heavy atom. The molecule has 1 aliphatic heterocycles. The van der Waals surface area contributed by atoms with Crippen molar-refractivity contribution in [2.75, 3.05) is 31.6 Å². The van der Waals surface area contributed by atoms with Crippen LogP contribution in [0.2, 0.25) is 0 Å². The number of nitrogens with one attached hydrogen (secondary N) is 1. The summed E-state index contributed by atoms with van der Waals surface area (Å²) in [6.45, 7) is 4.86. The van der Waals surface area contributed by atoms with E-state index < -0.39 is 0 Å².